The van der Waals surface area contributed by atoms with E-state index in [0.29, 0.717) is 6.54 Å². The van der Waals surface area contributed by atoms with Gasteiger partial charge in [0.15, 0.2) is 0 Å². The quantitative estimate of drug-likeness (QED) is 0.695. The third kappa shape index (κ3) is 2.50. The second-order valence-electron chi connectivity index (χ2n) is 2.84. The van der Waals surface area contributed by atoms with Crippen LogP contribution in [0.1, 0.15) is 5.56 Å². The van der Waals surface area contributed by atoms with Crippen molar-refractivity contribution in [2.45, 2.75) is 0 Å². The molecular weight excluding hydrogens is 162 g/mol. The summed E-state index contributed by atoms with van der Waals surface area (Å²) in [7, 11) is 1.93. The molecule has 0 aliphatic heterocycles. The Kier molecular flexibility index (Phi) is 3.36. The zero-order valence-corrected chi connectivity index (χ0v) is 7.70. The summed E-state index contributed by atoms with van der Waals surface area (Å²) in [5.41, 5.74) is 1.94. The second kappa shape index (κ2) is 4.54. The molecule has 2 nitrogen and oxygen atoms in total. The van der Waals surface area contributed by atoms with Crippen molar-refractivity contribution in [1.29, 1.82) is 0 Å². The van der Waals surface area contributed by atoms with Gasteiger partial charge in [-0.15, -0.1) is 6.42 Å². The van der Waals surface area contributed by atoms with Gasteiger partial charge in [-0.25, -0.2) is 0 Å². The van der Waals surface area contributed by atoms with E-state index in [1.54, 1.807) is 0 Å². The predicted octanol–water partition coefficient (Wildman–Crippen LogP) is 1.10. The van der Waals surface area contributed by atoms with Gasteiger partial charge in [0.1, 0.15) is 0 Å². The summed E-state index contributed by atoms with van der Waals surface area (Å²) in [6.45, 7) is 0.794. The van der Waals surface area contributed by atoms with E-state index in [1.807, 2.05) is 36.2 Å². The topological polar surface area (TPSA) is 23.5 Å². The molecule has 0 spiro atoms. The number of terminal acetylenes is 1. The summed E-state index contributed by atoms with van der Waals surface area (Å²) in [5.74, 6) is 2.56. The third-order valence-corrected chi connectivity index (χ3v) is 1.91. The summed E-state index contributed by atoms with van der Waals surface area (Å²) in [4.78, 5) is 1.97. The zero-order valence-electron chi connectivity index (χ0n) is 7.70. The van der Waals surface area contributed by atoms with E-state index in [2.05, 4.69) is 5.92 Å². The number of anilines is 1. The maximum atomic E-state index is 8.72. The van der Waals surface area contributed by atoms with Crippen molar-refractivity contribution in [3.63, 3.8) is 0 Å². The van der Waals surface area contributed by atoms with Crippen LogP contribution in [0.3, 0.4) is 0 Å². The predicted molar refractivity (Wildman–Crippen MR) is 54.7 cm³/mol. The Bertz CT molecular complexity index is 297. The molecule has 2 heteroatoms. The molecule has 0 bridgehead atoms. The molecule has 68 valence electrons. The lowest BCUT2D eigenvalue weighted by Gasteiger charge is -2.17. The first-order valence-electron chi connectivity index (χ1n) is 4.16. The van der Waals surface area contributed by atoms with Gasteiger partial charge in [-0.1, -0.05) is 5.92 Å². The Hall–Kier alpha value is -1.46. The van der Waals surface area contributed by atoms with E-state index < -0.39 is 0 Å². The van der Waals surface area contributed by atoms with Crippen LogP contribution in [0.4, 0.5) is 5.69 Å². The minimum absolute atomic E-state index is 0.160. The molecule has 0 radical (unpaired) electrons. The second-order valence-corrected chi connectivity index (χ2v) is 2.84. The number of aliphatic hydroxyl groups is 1. The number of benzene rings is 1. The fraction of sp³-hybridized carbons (Fsp3) is 0.273. The summed E-state index contributed by atoms with van der Waals surface area (Å²) in [6, 6.07) is 7.68. The van der Waals surface area contributed by atoms with Gasteiger partial charge >= 0.3 is 0 Å². The smallest absolute Gasteiger partial charge is 0.0606 e. The average Bonchev–Trinajstić information content (AvgIpc) is 2.18. The molecule has 1 N–H and O–H groups in total. The third-order valence-electron chi connectivity index (χ3n) is 1.91. The Morgan fingerprint density at radius 2 is 2.00 bits per heavy atom. The van der Waals surface area contributed by atoms with Crippen LogP contribution in [0, 0.1) is 12.3 Å². The van der Waals surface area contributed by atoms with Gasteiger partial charge in [-0.2, -0.15) is 0 Å². The summed E-state index contributed by atoms with van der Waals surface area (Å²) in [6.07, 6.45) is 5.23. The van der Waals surface area contributed by atoms with Crippen LogP contribution in [0.25, 0.3) is 0 Å². The lowest BCUT2D eigenvalue weighted by molar-refractivity contribution is 0.304. The normalized spacial score (nSPS) is 9.31. The molecular formula is C11H13NO. The Morgan fingerprint density at radius 1 is 1.38 bits per heavy atom. The first kappa shape index (κ1) is 9.63. The van der Waals surface area contributed by atoms with E-state index in [4.69, 9.17) is 11.5 Å². The highest BCUT2D eigenvalue weighted by molar-refractivity contribution is 5.49. The van der Waals surface area contributed by atoms with E-state index in [1.165, 1.54) is 0 Å². The Morgan fingerprint density at radius 3 is 2.46 bits per heavy atom. The Labute approximate surface area is 78.8 Å². The van der Waals surface area contributed by atoms with Gasteiger partial charge in [-0.3, -0.25) is 0 Å². The molecule has 13 heavy (non-hydrogen) atoms. The van der Waals surface area contributed by atoms with E-state index in [-0.39, 0.29) is 6.61 Å². The van der Waals surface area contributed by atoms with Crippen LogP contribution in [-0.4, -0.2) is 25.3 Å². The highest BCUT2D eigenvalue weighted by Gasteiger charge is 1.98. The lowest BCUT2D eigenvalue weighted by Crippen LogP contribution is -2.20. The van der Waals surface area contributed by atoms with Crippen molar-refractivity contribution in [2.24, 2.45) is 0 Å². The number of rotatable bonds is 3. The monoisotopic (exact) mass is 175 g/mol. The van der Waals surface area contributed by atoms with Crippen LogP contribution in [0.5, 0.6) is 0 Å². The number of aliphatic hydroxyl groups excluding tert-OH is 1. The van der Waals surface area contributed by atoms with E-state index in [0.717, 1.165) is 11.3 Å². The van der Waals surface area contributed by atoms with Crippen LogP contribution in [0.15, 0.2) is 24.3 Å². The minimum atomic E-state index is 0.160. The fourth-order valence-electron chi connectivity index (χ4n) is 1.09. The van der Waals surface area contributed by atoms with Crippen molar-refractivity contribution in [1.82, 2.24) is 0 Å². The van der Waals surface area contributed by atoms with Gasteiger partial charge in [0.05, 0.1) is 6.61 Å². The largest absolute Gasteiger partial charge is 0.395 e. The number of hydrogen-bond acceptors (Lipinski definition) is 2. The van der Waals surface area contributed by atoms with E-state index >= 15 is 0 Å². The lowest BCUT2D eigenvalue weighted by atomic mass is 10.2. The van der Waals surface area contributed by atoms with Crippen molar-refractivity contribution in [2.75, 3.05) is 25.1 Å². The molecule has 0 saturated carbocycles. The molecule has 1 aromatic carbocycles. The highest BCUT2D eigenvalue weighted by Crippen LogP contribution is 2.12. The van der Waals surface area contributed by atoms with Gasteiger partial charge < -0.3 is 10.0 Å². The van der Waals surface area contributed by atoms with Crippen LogP contribution in [0.2, 0.25) is 0 Å². The first-order valence-corrected chi connectivity index (χ1v) is 4.16. The molecule has 0 aliphatic rings. The van der Waals surface area contributed by atoms with Gasteiger partial charge in [0.2, 0.25) is 0 Å². The SMILES string of the molecule is C#Cc1ccc(N(C)CCO)cc1. The Balaban J connectivity index is 2.75. The van der Waals surface area contributed by atoms with Crippen LogP contribution < -0.4 is 4.90 Å². The molecule has 1 rings (SSSR count). The number of nitrogens with zero attached hydrogens (tertiary/aromatic N) is 1. The number of likely N-dealkylation sites (N-methyl/N-ethyl adjacent to an activating group) is 1. The van der Waals surface area contributed by atoms with E-state index in [9.17, 15) is 0 Å². The van der Waals surface area contributed by atoms with Crippen molar-refractivity contribution in [3.8, 4) is 12.3 Å². The molecule has 0 aliphatic carbocycles. The van der Waals surface area contributed by atoms with Crippen molar-refractivity contribution < 1.29 is 5.11 Å². The maximum Gasteiger partial charge on any atom is 0.0606 e. The van der Waals surface area contributed by atoms with Crippen LogP contribution >= 0.6 is 0 Å². The van der Waals surface area contributed by atoms with Crippen LogP contribution in [-0.2, 0) is 0 Å². The van der Waals surface area contributed by atoms with Gasteiger partial charge in [0.25, 0.3) is 0 Å². The minimum Gasteiger partial charge on any atom is -0.395 e. The van der Waals surface area contributed by atoms with Crippen molar-refractivity contribution >= 4 is 5.69 Å². The fourth-order valence-corrected chi connectivity index (χ4v) is 1.09. The molecule has 0 heterocycles. The molecule has 0 aromatic heterocycles. The highest BCUT2D eigenvalue weighted by atomic mass is 16.3. The molecule has 0 atom stereocenters. The summed E-state index contributed by atoms with van der Waals surface area (Å²) in [5, 5.41) is 8.72. The maximum absolute atomic E-state index is 8.72. The average molecular weight is 175 g/mol. The zero-order chi connectivity index (χ0) is 9.68. The molecule has 0 fully saturated rings. The summed E-state index contributed by atoms with van der Waals surface area (Å²) >= 11 is 0. The van der Waals surface area contributed by atoms with Gasteiger partial charge in [0, 0.05) is 24.8 Å². The summed E-state index contributed by atoms with van der Waals surface area (Å²) < 4.78 is 0. The first-order chi connectivity index (χ1) is 6.27. The van der Waals surface area contributed by atoms with Crippen molar-refractivity contribution in [3.05, 3.63) is 29.8 Å². The molecule has 1 aromatic rings. The molecule has 0 amide bonds. The van der Waals surface area contributed by atoms with Gasteiger partial charge in [-0.05, 0) is 24.3 Å². The standard InChI is InChI=1S/C11H13NO/c1-3-10-4-6-11(7-5-10)12(2)8-9-13/h1,4-7,13H,8-9H2,2H3. The molecule has 0 unspecified atom stereocenters. The molecule has 0 saturated heterocycles. The number of hydrogen-bond donors (Lipinski definition) is 1.